The molecule has 1 atom stereocenters. The van der Waals surface area contributed by atoms with Crippen LogP contribution in [0.3, 0.4) is 0 Å². The lowest BCUT2D eigenvalue weighted by Gasteiger charge is -2.36. The van der Waals surface area contributed by atoms with Gasteiger partial charge in [-0.2, -0.15) is 11.8 Å². The number of hydrogen-bond donors (Lipinski definition) is 3. The summed E-state index contributed by atoms with van der Waals surface area (Å²) in [6.45, 7) is 3.57. The van der Waals surface area contributed by atoms with E-state index in [9.17, 15) is 10.2 Å². The summed E-state index contributed by atoms with van der Waals surface area (Å²) in [5.74, 6) is 0.742. The number of thioether (sulfide) groups is 1. The van der Waals surface area contributed by atoms with Crippen molar-refractivity contribution in [2.75, 3.05) is 31.7 Å². The van der Waals surface area contributed by atoms with Gasteiger partial charge in [-0.25, -0.2) is 0 Å². The molecule has 1 fully saturated rings. The third-order valence-corrected chi connectivity index (χ3v) is 4.62. The second-order valence-electron chi connectivity index (χ2n) is 5.75. The molecule has 1 aliphatic rings. The van der Waals surface area contributed by atoms with Crippen LogP contribution in [0.4, 0.5) is 0 Å². The summed E-state index contributed by atoms with van der Waals surface area (Å²) in [5.41, 5.74) is -0.585. The minimum Gasteiger partial charge on any atom is -0.396 e. The van der Waals surface area contributed by atoms with Gasteiger partial charge < -0.3 is 15.5 Å². The van der Waals surface area contributed by atoms with E-state index in [1.165, 1.54) is 19.3 Å². The highest BCUT2D eigenvalue weighted by Crippen LogP contribution is 2.35. The summed E-state index contributed by atoms with van der Waals surface area (Å²) in [6, 6.07) is 0. The van der Waals surface area contributed by atoms with Gasteiger partial charge in [0.1, 0.15) is 0 Å². The standard InChI is InChI=1S/C13H27NO2S/c1-12(16,11-17-2)8-14-9-13(10-15)6-4-3-5-7-13/h14-16H,3-11H2,1-2H3. The zero-order valence-corrected chi connectivity index (χ0v) is 12.0. The molecule has 1 saturated carbocycles. The number of aliphatic hydroxyl groups excluding tert-OH is 1. The van der Waals surface area contributed by atoms with Crippen LogP contribution in [-0.2, 0) is 0 Å². The fraction of sp³-hybridized carbons (Fsp3) is 1.00. The summed E-state index contributed by atoms with van der Waals surface area (Å²) in [6.07, 6.45) is 7.98. The van der Waals surface area contributed by atoms with Gasteiger partial charge >= 0.3 is 0 Å². The lowest BCUT2D eigenvalue weighted by molar-refractivity contribution is 0.0572. The van der Waals surface area contributed by atoms with Crippen LogP contribution >= 0.6 is 11.8 Å². The van der Waals surface area contributed by atoms with Gasteiger partial charge in [-0.1, -0.05) is 19.3 Å². The average Bonchev–Trinajstić information content (AvgIpc) is 2.30. The Morgan fingerprint density at radius 1 is 1.29 bits per heavy atom. The van der Waals surface area contributed by atoms with Crippen molar-refractivity contribution in [2.24, 2.45) is 5.41 Å². The Morgan fingerprint density at radius 2 is 1.94 bits per heavy atom. The Labute approximate surface area is 109 Å². The third kappa shape index (κ3) is 5.16. The van der Waals surface area contributed by atoms with Crippen LogP contribution in [-0.4, -0.2) is 47.5 Å². The van der Waals surface area contributed by atoms with Crippen molar-refractivity contribution in [3.05, 3.63) is 0 Å². The van der Waals surface area contributed by atoms with Gasteiger partial charge in [-0.05, 0) is 26.0 Å². The van der Waals surface area contributed by atoms with E-state index in [4.69, 9.17) is 0 Å². The molecular formula is C13H27NO2S. The summed E-state index contributed by atoms with van der Waals surface area (Å²) < 4.78 is 0. The van der Waals surface area contributed by atoms with Gasteiger partial charge in [0.15, 0.2) is 0 Å². The first-order valence-corrected chi connectivity index (χ1v) is 7.96. The molecule has 3 nitrogen and oxygen atoms in total. The predicted octanol–water partition coefficient (Wildman–Crippen LogP) is 1.63. The molecule has 0 aromatic heterocycles. The molecule has 3 N–H and O–H groups in total. The Hall–Kier alpha value is 0.230. The van der Waals surface area contributed by atoms with Gasteiger partial charge in [-0.15, -0.1) is 0 Å². The zero-order chi connectivity index (χ0) is 12.8. The SMILES string of the molecule is CSCC(C)(O)CNCC1(CO)CCCCC1. The molecule has 102 valence electrons. The molecule has 0 spiro atoms. The topological polar surface area (TPSA) is 52.5 Å². The van der Waals surface area contributed by atoms with E-state index in [0.717, 1.165) is 25.1 Å². The van der Waals surface area contributed by atoms with Gasteiger partial charge in [-0.3, -0.25) is 0 Å². The quantitative estimate of drug-likeness (QED) is 0.652. The van der Waals surface area contributed by atoms with Crippen LogP contribution in [0.1, 0.15) is 39.0 Å². The lowest BCUT2D eigenvalue weighted by Crippen LogP contribution is -2.46. The second-order valence-corrected chi connectivity index (χ2v) is 6.62. The van der Waals surface area contributed by atoms with Crippen molar-refractivity contribution in [3.63, 3.8) is 0 Å². The van der Waals surface area contributed by atoms with Crippen LogP contribution in [0.15, 0.2) is 0 Å². The molecule has 0 aliphatic heterocycles. The molecule has 17 heavy (non-hydrogen) atoms. The predicted molar refractivity (Wildman–Crippen MR) is 74.5 cm³/mol. The van der Waals surface area contributed by atoms with Crippen molar-refractivity contribution in [2.45, 2.75) is 44.6 Å². The Kier molecular flexibility index (Phi) is 6.27. The largest absolute Gasteiger partial charge is 0.396 e. The highest BCUT2D eigenvalue weighted by atomic mass is 32.2. The normalized spacial score (nSPS) is 23.3. The molecule has 4 heteroatoms. The van der Waals surface area contributed by atoms with E-state index in [0.29, 0.717) is 6.54 Å². The molecule has 1 unspecified atom stereocenters. The Morgan fingerprint density at radius 3 is 2.47 bits per heavy atom. The maximum atomic E-state index is 10.1. The number of hydrogen-bond acceptors (Lipinski definition) is 4. The van der Waals surface area contributed by atoms with E-state index < -0.39 is 5.60 Å². The third-order valence-electron chi connectivity index (χ3n) is 3.71. The number of rotatable bonds is 7. The van der Waals surface area contributed by atoms with E-state index in [1.54, 1.807) is 11.8 Å². The molecule has 0 aromatic carbocycles. The first kappa shape index (κ1) is 15.3. The molecule has 1 aliphatic carbocycles. The van der Waals surface area contributed by atoms with Crippen LogP contribution in [0, 0.1) is 5.41 Å². The van der Waals surface area contributed by atoms with E-state index >= 15 is 0 Å². The number of nitrogens with one attached hydrogen (secondary N) is 1. The first-order chi connectivity index (χ1) is 8.04. The lowest BCUT2D eigenvalue weighted by atomic mass is 9.74. The molecule has 0 bridgehead atoms. The highest BCUT2D eigenvalue weighted by molar-refractivity contribution is 7.98. The minimum absolute atomic E-state index is 0.0632. The maximum absolute atomic E-state index is 10.1. The Bertz CT molecular complexity index is 215. The molecule has 0 saturated heterocycles. The molecule has 0 radical (unpaired) electrons. The Balaban J connectivity index is 2.32. The smallest absolute Gasteiger partial charge is 0.0833 e. The van der Waals surface area contributed by atoms with Crippen molar-refractivity contribution in [3.8, 4) is 0 Å². The fourth-order valence-electron chi connectivity index (χ4n) is 2.65. The summed E-state index contributed by atoms with van der Waals surface area (Å²) in [4.78, 5) is 0. The van der Waals surface area contributed by atoms with Crippen molar-refractivity contribution >= 4 is 11.8 Å². The van der Waals surface area contributed by atoms with Crippen molar-refractivity contribution in [1.82, 2.24) is 5.32 Å². The van der Waals surface area contributed by atoms with Gasteiger partial charge in [0.25, 0.3) is 0 Å². The van der Waals surface area contributed by atoms with Crippen LogP contribution in [0.5, 0.6) is 0 Å². The summed E-state index contributed by atoms with van der Waals surface area (Å²) >= 11 is 1.66. The summed E-state index contributed by atoms with van der Waals surface area (Å²) in [5, 5.41) is 23.0. The van der Waals surface area contributed by atoms with E-state index in [1.807, 2.05) is 13.2 Å². The number of aliphatic hydroxyl groups is 2. The second kappa shape index (κ2) is 6.98. The molecule has 0 amide bonds. The fourth-order valence-corrected chi connectivity index (χ4v) is 3.38. The minimum atomic E-state index is -0.648. The molecule has 0 heterocycles. The van der Waals surface area contributed by atoms with E-state index in [2.05, 4.69) is 5.32 Å². The summed E-state index contributed by atoms with van der Waals surface area (Å²) in [7, 11) is 0. The molecule has 0 aromatic rings. The zero-order valence-electron chi connectivity index (χ0n) is 11.2. The van der Waals surface area contributed by atoms with Gasteiger partial charge in [0.2, 0.25) is 0 Å². The van der Waals surface area contributed by atoms with Crippen LogP contribution in [0.2, 0.25) is 0 Å². The first-order valence-electron chi connectivity index (χ1n) is 6.57. The van der Waals surface area contributed by atoms with Gasteiger partial charge in [0.05, 0.1) is 5.60 Å². The van der Waals surface area contributed by atoms with E-state index in [-0.39, 0.29) is 12.0 Å². The monoisotopic (exact) mass is 261 g/mol. The van der Waals surface area contributed by atoms with Crippen molar-refractivity contribution < 1.29 is 10.2 Å². The maximum Gasteiger partial charge on any atom is 0.0833 e. The average molecular weight is 261 g/mol. The van der Waals surface area contributed by atoms with Crippen LogP contribution < -0.4 is 5.32 Å². The van der Waals surface area contributed by atoms with Crippen molar-refractivity contribution in [1.29, 1.82) is 0 Å². The van der Waals surface area contributed by atoms with Crippen LogP contribution in [0.25, 0.3) is 0 Å². The molecular weight excluding hydrogens is 234 g/mol. The molecule has 1 rings (SSSR count). The highest BCUT2D eigenvalue weighted by Gasteiger charge is 2.31. The van der Waals surface area contributed by atoms with Gasteiger partial charge in [0, 0.05) is 30.9 Å².